The smallest absolute Gasteiger partial charge is 0.343 e. The van der Waals surface area contributed by atoms with Gasteiger partial charge < -0.3 is 18.9 Å². The normalized spacial score (nSPS) is 16.3. The lowest BCUT2D eigenvalue weighted by Gasteiger charge is -2.10. The topological polar surface area (TPSA) is 125 Å². The second-order valence-corrected chi connectivity index (χ2v) is 6.04. The largest absolute Gasteiger partial charge is 0.493 e. The van der Waals surface area contributed by atoms with E-state index in [0.717, 1.165) is 17.8 Å². The Kier molecular flexibility index (Phi) is 7.57. The number of thioether (sulfide) groups is 1. The first kappa shape index (κ1) is 21.0. The maximum absolute atomic E-state index is 11.7. The molecule has 1 aliphatic heterocycles. The Balaban J connectivity index is 2.05. The summed E-state index contributed by atoms with van der Waals surface area (Å²) in [5, 5.41) is 10.5. The lowest BCUT2D eigenvalue weighted by atomic mass is 10.2. The van der Waals surface area contributed by atoms with Gasteiger partial charge in [-0.1, -0.05) is 0 Å². The maximum Gasteiger partial charge on any atom is 0.343 e. The van der Waals surface area contributed by atoms with Crippen LogP contribution in [-0.4, -0.2) is 57.2 Å². The number of methoxy groups -OCH3 is 3. The van der Waals surface area contributed by atoms with Crippen LogP contribution >= 0.6 is 11.8 Å². The first-order valence-corrected chi connectivity index (χ1v) is 8.56. The van der Waals surface area contributed by atoms with Crippen molar-refractivity contribution >= 4 is 41.0 Å². The molecule has 1 aromatic rings. The van der Waals surface area contributed by atoms with Crippen LogP contribution in [0.3, 0.4) is 0 Å². The van der Waals surface area contributed by atoms with Gasteiger partial charge in [-0.2, -0.15) is 5.10 Å². The number of ether oxygens (including phenoxy) is 4. The molecule has 0 saturated carbocycles. The van der Waals surface area contributed by atoms with Crippen LogP contribution in [0.25, 0.3) is 0 Å². The van der Waals surface area contributed by atoms with Gasteiger partial charge in [-0.05, 0) is 35.5 Å². The standard InChI is InChI=1S/C17H17N3O7S/c1-24-12-6-10(4-5-11(12)27-9-15(22)26-3)8-18-20-17-19-16(23)13(28-17)7-14(21)25-2/h4-8H,9H2,1-3H3,(H,19,20,23)/b13-7+,18-8?. The molecule has 148 valence electrons. The Morgan fingerprint density at radius 2 is 1.96 bits per heavy atom. The van der Waals surface area contributed by atoms with E-state index in [-0.39, 0.29) is 16.7 Å². The van der Waals surface area contributed by atoms with E-state index >= 15 is 0 Å². The van der Waals surface area contributed by atoms with Crippen LogP contribution in [0.15, 0.2) is 39.4 Å². The van der Waals surface area contributed by atoms with Gasteiger partial charge in [0.1, 0.15) is 0 Å². The van der Waals surface area contributed by atoms with Gasteiger partial charge in [0.2, 0.25) is 0 Å². The molecule has 0 aromatic heterocycles. The zero-order chi connectivity index (χ0) is 20.5. The zero-order valence-corrected chi connectivity index (χ0v) is 16.1. The molecule has 1 aliphatic rings. The van der Waals surface area contributed by atoms with Crippen LogP contribution in [0.4, 0.5) is 0 Å². The van der Waals surface area contributed by atoms with Crippen LogP contribution in [0.2, 0.25) is 0 Å². The molecule has 0 bridgehead atoms. The second kappa shape index (κ2) is 10.1. The highest BCUT2D eigenvalue weighted by atomic mass is 32.2. The summed E-state index contributed by atoms with van der Waals surface area (Å²) in [4.78, 5) is 34.2. The third-order valence-electron chi connectivity index (χ3n) is 3.22. The number of rotatable bonds is 7. The molecule has 1 N–H and O–H groups in total. The van der Waals surface area contributed by atoms with E-state index in [1.165, 1.54) is 27.5 Å². The summed E-state index contributed by atoms with van der Waals surface area (Å²) >= 11 is 0.967. The lowest BCUT2D eigenvalue weighted by Crippen LogP contribution is -2.19. The van der Waals surface area contributed by atoms with Gasteiger partial charge in [-0.25, -0.2) is 9.59 Å². The summed E-state index contributed by atoms with van der Waals surface area (Å²) in [6.07, 6.45) is 2.51. The van der Waals surface area contributed by atoms with Gasteiger partial charge in [0, 0.05) is 6.08 Å². The van der Waals surface area contributed by atoms with E-state index in [2.05, 4.69) is 25.0 Å². The molecule has 0 radical (unpaired) electrons. The molecular weight excluding hydrogens is 390 g/mol. The van der Waals surface area contributed by atoms with Crippen molar-refractivity contribution in [3.05, 3.63) is 34.7 Å². The molecule has 0 unspecified atom stereocenters. The highest BCUT2D eigenvalue weighted by Gasteiger charge is 2.25. The molecule has 0 aliphatic carbocycles. The highest BCUT2D eigenvalue weighted by Crippen LogP contribution is 2.27. The third kappa shape index (κ3) is 5.84. The molecule has 2 rings (SSSR count). The summed E-state index contributed by atoms with van der Waals surface area (Å²) in [6, 6.07) is 4.93. The number of nitrogens with zero attached hydrogens (tertiary/aromatic N) is 2. The van der Waals surface area contributed by atoms with E-state index in [1.807, 2.05) is 0 Å². The van der Waals surface area contributed by atoms with E-state index in [9.17, 15) is 14.4 Å². The molecule has 11 heteroatoms. The molecule has 0 atom stereocenters. The number of benzene rings is 1. The van der Waals surface area contributed by atoms with Gasteiger partial charge in [-0.15, -0.1) is 5.10 Å². The van der Waals surface area contributed by atoms with Gasteiger partial charge in [0.25, 0.3) is 5.91 Å². The van der Waals surface area contributed by atoms with Gasteiger partial charge in [0.05, 0.1) is 32.4 Å². The van der Waals surface area contributed by atoms with Crippen molar-refractivity contribution in [1.82, 2.24) is 5.32 Å². The first-order chi connectivity index (χ1) is 13.5. The number of amides is 1. The number of hydrogen-bond donors (Lipinski definition) is 1. The number of carbonyl (C=O) groups is 3. The number of carbonyl (C=O) groups excluding carboxylic acids is 3. The highest BCUT2D eigenvalue weighted by molar-refractivity contribution is 8.18. The Bertz CT molecular complexity index is 864. The van der Waals surface area contributed by atoms with Crippen LogP contribution in [-0.2, 0) is 23.9 Å². The predicted molar refractivity (Wildman–Crippen MR) is 101 cm³/mol. The fourth-order valence-corrected chi connectivity index (χ4v) is 2.61. The molecule has 1 fully saturated rings. The predicted octanol–water partition coefficient (Wildman–Crippen LogP) is 0.857. The van der Waals surface area contributed by atoms with Crippen molar-refractivity contribution in [2.45, 2.75) is 0 Å². The zero-order valence-electron chi connectivity index (χ0n) is 15.3. The van der Waals surface area contributed by atoms with E-state index in [0.29, 0.717) is 17.1 Å². The number of esters is 2. The Morgan fingerprint density at radius 3 is 2.64 bits per heavy atom. The van der Waals surface area contributed by atoms with Crippen molar-refractivity contribution in [3.8, 4) is 11.5 Å². The minimum atomic E-state index is -0.635. The van der Waals surface area contributed by atoms with Crippen molar-refractivity contribution in [2.24, 2.45) is 10.2 Å². The monoisotopic (exact) mass is 407 g/mol. The Hall–Kier alpha value is -3.34. The SMILES string of the molecule is COC(=O)/C=C1/S/C(=N\N=Cc2ccc(OCC(=O)OC)c(OC)c2)NC1=O. The molecular formula is C17H17N3O7S. The van der Waals surface area contributed by atoms with Crippen LogP contribution < -0.4 is 14.8 Å². The van der Waals surface area contributed by atoms with Crippen molar-refractivity contribution < 1.29 is 33.3 Å². The average Bonchev–Trinajstić information content (AvgIpc) is 3.05. The first-order valence-electron chi connectivity index (χ1n) is 7.74. The molecule has 1 saturated heterocycles. The van der Waals surface area contributed by atoms with Crippen LogP contribution in [0.5, 0.6) is 11.5 Å². The Labute approximate surface area is 164 Å². The van der Waals surface area contributed by atoms with E-state index in [1.54, 1.807) is 18.2 Å². The second-order valence-electron chi connectivity index (χ2n) is 5.01. The van der Waals surface area contributed by atoms with Gasteiger partial charge >= 0.3 is 11.9 Å². The summed E-state index contributed by atoms with van der Waals surface area (Å²) < 4.78 is 19.5. The molecule has 1 heterocycles. The third-order valence-corrected chi connectivity index (χ3v) is 4.12. The van der Waals surface area contributed by atoms with Crippen LogP contribution in [0.1, 0.15) is 5.56 Å². The van der Waals surface area contributed by atoms with Crippen molar-refractivity contribution in [3.63, 3.8) is 0 Å². The average molecular weight is 407 g/mol. The fraction of sp³-hybridized carbons (Fsp3) is 0.235. The summed E-state index contributed by atoms with van der Waals surface area (Å²) in [6.45, 7) is -0.244. The van der Waals surface area contributed by atoms with Crippen molar-refractivity contribution in [1.29, 1.82) is 0 Å². The number of nitrogens with one attached hydrogen (secondary N) is 1. The van der Waals surface area contributed by atoms with Crippen LogP contribution in [0, 0.1) is 0 Å². The van der Waals surface area contributed by atoms with Gasteiger partial charge in [0.15, 0.2) is 23.3 Å². The summed E-state index contributed by atoms with van der Waals surface area (Å²) in [5.41, 5.74) is 0.645. The minimum Gasteiger partial charge on any atom is -0.493 e. The number of hydrogen-bond acceptors (Lipinski definition) is 10. The van der Waals surface area contributed by atoms with Gasteiger partial charge in [-0.3, -0.25) is 10.1 Å². The quantitative estimate of drug-likeness (QED) is 0.305. The molecule has 10 nitrogen and oxygen atoms in total. The Morgan fingerprint density at radius 1 is 1.18 bits per heavy atom. The maximum atomic E-state index is 11.7. The molecule has 1 aromatic carbocycles. The van der Waals surface area contributed by atoms with E-state index in [4.69, 9.17) is 9.47 Å². The van der Waals surface area contributed by atoms with E-state index < -0.39 is 17.8 Å². The number of amidine groups is 1. The molecule has 1 amide bonds. The molecule has 0 spiro atoms. The molecule has 28 heavy (non-hydrogen) atoms. The summed E-state index contributed by atoms with van der Waals surface area (Å²) in [7, 11) is 3.95. The minimum absolute atomic E-state index is 0.162. The fourth-order valence-electron chi connectivity index (χ4n) is 1.87. The summed E-state index contributed by atoms with van der Waals surface area (Å²) in [5.74, 6) is -0.845. The lowest BCUT2D eigenvalue weighted by molar-refractivity contribution is -0.143. The van der Waals surface area contributed by atoms with Crippen molar-refractivity contribution in [2.75, 3.05) is 27.9 Å².